The highest BCUT2D eigenvalue weighted by Gasteiger charge is 2.41. The molecule has 0 bridgehead atoms. The third-order valence-corrected chi connectivity index (χ3v) is 4.44. The maximum absolute atomic E-state index is 11.2. The monoisotopic (exact) mass is 340 g/mol. The first-order valence-corrected chi connectivity index (χ1v) is 8.48. The second-order valence-corrected chi connectivity index (χ2v) is 7.45. The van der Waals surface area contributed by atoms with Crippen LogP contribution in [0.3, 0.4) is 0 Å². The summed E-state index contributed by atoms with van der Waals surface area (Å²) in [6, 6.07) is 10.1. The Morgan fingerprint density at radius 3 is 2.56 bits per heavy atom. The zero-order valence-corrected chi connectivity index (χ0v) is 15.1. The Morgan fingerprint density at radius 1 is 1.24 bits per heavy atom. The molecule has 1 aliphatic carbocycles. The molecule has 0 aliphatic heterocycles. The lowest BCUT2D eigenvalue weighted by Crippen LogP contribution is -2.25. The van der Waals surface area contributed by atoms with Gasteiger partial charge < -0.3 is 15.2 Å². The number of nitrogens with zero attached hydrogens (tertiary/aromatic N) is 1. The van der Waals surface area contributed by atoms with Gasteiger partial charge in [-0.15, -0.1) is 0 Å². The van der Waals surface area contributed by atoms with Crippen molar-refractivity contribution in [1.82, 2.24) is 4.98 Å². The van der Waals surface area contributed by atoms with Crippen LogP contribution in [0.25, 0.3) is 11.1 Å². The molecule has 1 aromatic carbocycles. The molecule has 132 valence electrons. The lowest BCUT2D eigenvalue weighted by molar-refractivity contribution is 0.0392. The van der Waals surface area contributed by atoms with Crippen LogP contribution in [0.15, 0.2) is 36.5 Å². The Labute approximate surface area is 148 Å². The van der Waals surface area contributed by atoms with Gasteiger partial charge in [0, 0.05) is 23.2 Å². The Hall–Kier alpha value is -2.56. The molecule has 1 atom stereocenters. The van der Waals surface area contributed by atoms with E-state index in [9.17, 15) is 4.79 Å². The molecule has 1 amide bonds. The molecule has 0 saturated heterocycles. The number of rotatable bonds is 4. The highest BCUT2D eigenvalue weighted by molar-refractivity contribution is 5.67. The van der Waals surface area contributed by atoms with E-state index in [4.69, 9.17) is 15.2 Å². The van der Waals surface area contributed by atoms with Crippen LogP contribution in [0.5, 0.6) is 5.88 Å². The Balaban J connectivity index is 1.88. The maximum Gasteiger partial charge on any atom is 0.405 e. The topological polar surface area (TPSA) is 74.4 Å². The van der Waals surface area contributed by atoms with Crippen LogP contribution < -0.4 is 10.5 Å². The van der Waals surface area contributed by atoms with Crippen molar-refractivity contribution in [3.63, 3.8) is 0 Å². The first kappa shape index (κ1) is 17.3. The summed E-state index contributed by atoms with van der Waals surface area (Å²) in [5.74, 6) is 0.621. The standard InChI is InChI=1S/C20H24N2O3/c1-12(2)24-17-8-6-14(11-22-17)13-5-7-16-15(9-13)10-20(3,4)18(16)25-19(21)23/h5-9,11-12,18H,10H2,1-4H3,(H2,21,23). The highest BCUT2D eigenvalue weighted by Crippen LogP contribution is 2.48. The Kier molecular flexibility index (Phi) is 4.41. The van der Waals surface area contributed by atoms with E-state index in [1.807, 2.05) is 44.3 Å². The molecule has 5 heteroatoms. The number of primary amides is 1. The van der Waals surface area contributed by atoms with Gasteiger partial charge >= 0.3 is 6.09 Å². The van der Waals surface area contributed by atoms with E-state index in [0.717, 1.165) is 23.1 Å². The first-order chi connectivity index (χ1) is 11.8. The molecule has 25 heavy (non-hydrogen) atoms. The summed E-state index contributed by atoms with van der Waals surface area (Å²) in [6.45, 7) is 8.12. The second-order valence-electron chi connectivity index (χ2n) is 7.45. The lowest BCUT2D eigenvalue weighted by Gasteiger charge is -2.26. The van der Waals surface area contributed by atoms with Gasteiger partial charge in [0.2, 0.25) is 5.88 Å². The maximum atomic E-state index is 11.2. The van der Waals surface area contributed by atoms with Gasteiger partial charge in [-0.25, -0.2) is 9.78 Å². The van der Waals surface area contributed by atoms with Gasteiger partial charge in [0.05, 0.1) is 6.10 Å². The number of carbonyl (C=O) groups is 1. The molecule has 2 N–H and O–H groups in total. The highest BCUT2D eigenvalue weighted by atomic mass is 16.6. The molecule has 1 aliphatic rings. The van der Waals surface area contributed by atoms with Gasteiger partial charge in [-0.2, -0.15) is 0 Å². The van der Waals surface area contributed by atoms with Crippen molar-refractivity contribution in [2.24, 2.45) is 11.1 Å². The number of aromatic nitrogens is 1. The Bertz CT molecular complexity index is 782. The molecule has 3 rings (SSSR count). The summed E-state index contributed by atoms with van der Waals surface area (Å²) in [6.07, 6.45) is 1.70. The summed E-state index contributed by atoms with van der Waals surface area (Å²) in [5, 5.41) is 0. The van der Waals surface area contributed by atoms with Gasteiger partial charge in [-0.3, -0.25) is 0 Å². The van der Waals surface area contributed by atoms with Gasteiger partial charge in [-0.1, -0.05) is 32.0 Å². The molecule has 1 unspecified atom stereocenters. The van der Waals surface area contributed by atoms with Gasteiger partial charge in [0.1, 0.15) is 6.10 Å². The fourth-order valence-electron chi connectivity index (χ4n) is 3.40. The van der Waals surface area contributed by atoms with Gasteiger partial charge in [-0.05, 0) is 43.0 Å². The van der Waals surface area contributed by atoms with Crippen molar-refractivity contribution in [1.29, 1.82) is 0 Å². The van der Waals surface area contributed by atoms with E-state index >= 15 is 0 Å². The molecular weight excluding hydrogens is 316 g/mol. The normalized spacial score (nSPS) is 18.0. The SMILES string of the molecule is CC(C)Oc1ccc(-c2ccc3c(c2)CC(C)(C)C3OC(N)=O)cn1. The third-order valence-electron chi connectivity index (χ3n) is 4.44. The number of carbonyl (C=O) groups excluding carboxylic acids is 1. The largest absolute Gasteiger partial charge is 0.475 e. The lowest BCUT2D eigenvalue weighted by atomic mass is 9.87. The summed E-state index contributed by atoms with van der Waals surface area (Å²) < 4.78 is 10.9. The van der Waals surface area contributed by atoms with Gasteiger partial charge in [0.25, 0.3) is 0 Å². The van der Waals surface area contributed by atoms with Crippen LogP contribution >= 0.6 is 0 Å². The fraction of sp³-hybridized carbons (Fsp3) is 0.400. The number of amides is 1. The number of ether oxygens (including phenoxy) is 2. The molecular formula is C20H24N2O3. The van der Waals surface area contributed by atoms with E-state index < -0.39 is 6.09 Å². The minimum absolute atomic E-state index is 0.0998. The smallest absolute Gasteiger partial charge is 0.405 e. The van der Waals surface area contributed by atoms with Crippen LogP contribution in [0, 0.1) is 5.41 Å². The number of hydrogen-bond acceptors (Lipinski definition) is 4. The van der Waals surface area contributed by atoms with Gasteiger partial charge in [0.15, 0.2) is 0 Å². The molecule has 0 spiro atoms. The Morgan fingerprint density at radius 2 is 1.96 bits per heavy atom. The molecule has 1 heterocycles. The van der Waals surface area contributed by atoms with Crippen molar-refractivity contribution >= 4 is 6.09 Å². The van der Waals surface area contributed by atoms with E-state index in [1.165, 1.54) is 5.56 Å². The second kappa shape index (κ2) is 6.39. The minimum Gasteiger partial charge on any atom is -0.475 e. The van der Waals surface area contributed by atoms with Crippen molar-refractivity contribution in [3.8, 4) is 17.0 Å². The predicted octanol–water partition coefficient (Wildman–Crippen LogP) is 4.25. The third kappa shape index (κ3) is 3.60. The van der Waals surface area contributed by atoms with Crippen LogP contribution in [-0.4, -0.2) is 17.2 Å². The van der Waals surface area contributed by atoms with Crippen LogP contribution in [0.2, 0.25) is 0 Å². The van der Waals surface area contributed by atoms with Crippen molar-refractivity contribution in [2.45, 2.75) is 46.3 Å². The fourth-order valence-corrected chi connectivity index (χ4v) is 3.40. The molecule has 0 radical (unpaired) electrons. The average Bonchev–Trinajstić information content (AvgIpc) is 2.76. The zero-order chi connectivity index (χ0) is 18.2. The molecule has 0 fully saturated rings. The zero-order valence-electron chi connectivity index (χ0n) is 15.1. The van der Waals surface area contributed by atoms with E-state index in [-0.39, 0.29) is 17.6 Å². The number of pyridine rings is 1. The predicted molar refractivity (Wildman–Crippen MR) is 96.3 cm³/mol. The quantitative estimate of drug-likeness (QED) is 0.902. The minimum atomic E-state index is -0.736. The summed E-state index contributed by atoms with van der Waals surface area (Å²) in [4.78, 5) is 15.6. The van der Waals surface area contributed by atoms with E-state index in [0.29, 0.717) is 5.88 Å². The van der Waals surface area contributed by atoms with Crippen molar-refractivity contribution < 1.29 is 14.3 Å². The average molecular weight is 340 g/mol. The molecule has 5 nitrogen and oxygen atoms in total. The molecule has 2 aromatic rings. The first-order valence-electron chi connectivity index (χ1n) is 8.48. The van der Waals surface area contributed by atoms with Crippen LogP contribution in [-0.2, 0) is 11.2 Å². The van der Waals surface area contributed by atoms with Crippen molar-refractivity contribution in [2.75, 3.05) is 0 Å². The number of hydrogen-bond donors (Lipinski definition) is 1. The number of nitrogens with two attached hydrogens (primary N) is 1. The van der Waals surface area contributed by atoms with Crippen LogP contribution in [0.4, 0.5) is 4.79 Å². The number of fused-ring (bicyclic) bond motifs is 1. The number of benzene rings is 1. The molecule has 0 saturated carbocycles. The van der Waals surface area contributed by atoms with Crippen LogP contribution in [0.1, 0.15) is 44.9 Å². The molecule has 1 aromatic heterocycles. The summed E-state index contributed by atoms with van der Waals surface area (Å²) >= 11 is 0. The summed E-state index contributed by atoms with van der Waals surface area (Å²) in [5.41, 5.74) is 9.37. The van der Waals surface area contributed by atoms with E-state index in [2.05, 4.69) is 24.9 Å². The van der Waals surface area contributed by atoms with E-state index in [1.54, 1.807) is 0 Å². The summed E-state index contributed by atoms with van der Waals surface area (Å²) in [7, 11) is 0. The van der Waals surface area contributed by atoms with Crippen molar-refractivity contribution in [3.05, 3.63) is 47.7 Å².